The molecule has 0 aliphatic carbocycles. The van der Waals surface area contributed by atoms with Crippen molar-refractivity contribution < 1.29 is 4.74 Å². The minimum Gasteiger partial charge on any atom is -0.370 e. The van der Waals surface area contributed by atoms with Crippen LogP contribution < -0.4 is 0 Å². The van der Waals surface area contributed by atoms with Crippen LogP contribution in [0.25, 0.3) is 0 Å². The van der Waals surface area contributed by atoms with Crippen LogP contribution in [0.4, 0.5) is 0 Å². The first-order valence-corrected chi connectivity index (χ1v) is 4.39. The van der Waals surface area contributed by atoms with Crippen molar-refractivity contribution in [1.82, 2.24) is 0 Å². The number of unbranched alkanes of at least 4 members (excludes halogenated alkanes) is 2. The summed E-state index contributed by atoms with van der Waals surface area (Å²) in [5.74, 6) is 0. The van der Waals surface area contributed by atoms with Gasteiger partial charge in [-0.15, -0.1) is 0 Å². The Morgan fingerprint density at radius 3 is 2.56 bits per heavy atom. The first-order chi connectivity index (χ1) is 4.31. The Bertz CT molecular complexity index is 56.9. The van der Waals surface area contributed by atoms with Gasteiger partial charge in [-0.3, -0.25) is 0 Å². The van der Waals surface area contributed by atoms with Crippen LogP contribution in [0, 0.1) is 0 Å². The largest absolute Gasteiger partial charge is 0.370 e. The fourth-order valence-corrected chi connectivity index (χ4v) is 0.996. The third-order valence-electron chi connectivity index (χ3n) is 1.29. The molecule has 2 heteroatoms. The second-order valence-corrected chi connectivity index (χ2v) is 3.16. The summed E-state index contributed by atoms with van der Waals surface area (Å²) in [6.07, 6.45) is 4.99. The number of ether oxygens (including phenoxy) is 1. The Morgan fingerprint density at radius 2 is 2.11 bits per heavy atom. The molecule has 0 aromatic carbocycles. The van der Waals surface area contributed by atoms with E-state index < -0.39 is 0 Å². The van der Waals surface area contributed by atoms with Gasteiger partial charge in [0.15, 0.2) is 0 Å². The van der Waals surface area contributed by atoms with Crippen LogP contribution >= 0.6 is 15.9 Å². The van der Waals surface area contributed by atoms with Gasteiger partial charge in [-0.2, -0.15) is 0 Å². The molecule has 0 aliphatic rings. The molecule has 0 saturated carbocycles. The van der Waals surface area contributed by atoms with E-state index in [2.05, 4.69) is 22.9 Å². The average molecular weight is 195 g/mol. The molecule has 0 aromatic heterocycles. The first-order valence-electron chi connectivity index (χ1n) is 3.48. The number of methoxy groups -OCH3 is 1. The fraction of sp³-hybridized carbons (Fsp3) is 1.00. The molecule has 1 unspecified atom stereocenters. The molecule has 0 fully saturated rings. The SMILES string of the molecule is CCCCCC(Br)OC. The van der Waals surface area contributed by atoms with Crippen molar-refractivity contribution >= 4 is 15.9 Å². The van der Waals surface area contributed by atoms with Crippen LogP contribution in [0.3, 0.4) is 0 Å². The highest BCUT2D eigenvalue weighted by Crippen LogP contribution is 2.10. The van der Waals surface area contributed by atoms with E-state index in [-0.39, 0.29) is 5.01 Å². The van der Waals surface area contributed by atoms with Crippen molar-refractivity contribution in [2.24, 2.45) is 0 Å². The lowest BCUT2D eigenvalue weighted by molar-refractivity contribution is 0.168. The van der Waals surface area contributed by atoms with Crippen molar-refractivity contribution in [2.75, 3.05) is 7.11 Å². The highest BCUT2D eigenvalue weighted by molar-refractivity contribution is 9.09. The lowest BCUT2D eigenvalue weighted by Crippen LogP contribution is -1.98. The lowest BCUT2D eigenvalue weighted by Gasteiger charge is -2.05. The van der Waals surface area contributed by atoms with Gasteiger partial charge in [-0.25, -0.2) is 0 Å². The molecule has 56 valence electrons. The van der Waals surface area contributed by atoms with Crippen LogP contribution in [0.2, 0.25) is 0 Å². The number of hydrogen-bond donors (Lipinski definition) is 0. The number of halogens is 1. The number of hydrogen-bond acceptors (Lipinski definition) is 1. The van der Waals surface area contributed by atoms with Crippen LogP contribution in [-0.4, -0.2) is 12.1 Å². The van der Waals surface area contributed by atoms with E-state index in [9.17, 15) is 0 Å². The van der Waals surface area contributed by atoms with Gasteiger partial charge in [-0.05, 0) is 6.42 Å². The second kappa shape index (κ2) is 6.56. The molecule has 0 bridgehead atoms. The summed E-state index contributed by atoms with van der Waals surface area (Å²) in [5.41, 5.74) is 0. The zero-order valence-corrected chi connectivity index (χ0v) is 7.78. The Hall–Kier alpha value is 0.440. The first kappa shape index (κ1) is 9.44. The van der Waals surface area contributed by atoms with E-state index in [1.54, 1.807) is 7.11 Å². The van der Waals surface area contributed by atoms with Crippen molar-refractivity contribution in [1.29, 1.82) is 0 Å². The van der Waals surface area contributed by atoms with Crippen molar-refractivity contribution in [2.45, 2.75) is 37.6 Å². The summed E-state index contributed by atoms with van der Waals surface area (Å²) in [5, 5.41) is 0.268. The van der Waals surface area contributed by atoms with Gasteiger partial charge < -0.3 is 4.74 Å². The standard InChI is InChI=1S/C7H15BrO/c1-3-4-5-6-7(8)9-2/h7H,3-6H2,1-2H3. The van der Waals surface area contributed by atoms with Crippen LogP contribution in [-0.2, 0) is 4.74 Å². The van der Waals surface area contributed by atoms with Gasteiger partial charge in [0.05, 0.1) is 0 Å². The molecule has 0 radical (unpaired) electrons. The van der Waals surface area contributed by atoms with Gasteiger partial charge in [-0.1, -0.05) is 42.1 Å². The Morgan fingerprint density at radius 1 is 1.44 bits per heavy atom. The predicted molar refractivity (Wildman–Crippen MR) is 43.9 cm³/mol. The summed E-state index contributed by atoms with van der Waals surface area (Å²) in [6.45, 7) is 2.20. The molecule has 0 amide bonds. The fourth-order valence-electron chi connectivity index (χ4n) is 0.673. The van der Waals surface area contributed by atoms with E-state index in [1.807, 2.05) is 0 Å². The molecule has 0 aromatic rings. The molecule has 1 atom stereocenters. The monoisotopic (exact) mass is 194 g/mol. The number of rotatable bonds is 5. The van der Waals surface area contributed by atoms with Gasteiger partial charge in [0.1, 0.15) is 5.01 Å². The maximum absolute atomic E-state index is 5.01. The lowest BCUT2D eigenvalue weighted by atomic mass is 10.2. The third kappa shape index (κ3) is 6.32. The zero-order chi connectivity index (χ0) is 7.11. The molecular formula is C7H15BrO. The summed E-state index contributed by atoms with van der Waals surface area (Å²) in [6, 6.07) is 0. The van der Waals surface area contributed by atoms with Crippen LogP contribution in [0.15, 0.2) is 0 Å². The van der Waals surface area contributed by atoms with Gasteiger partial charge >= 0.3 is 0 Å². The molecule has 0 saturated heterocycles. The summed E-state index contributed by atoms with van der Waals surface area (Å²) in [4.78, 5) is 0. The summed E-state index contributed by atoms with van der Waals surface area (Å²) < 4.78 is 5.01. The van der Waals surface area contributed by atoms with E-state index >= 15 is 0 Å². The zero-order valence-electron chi connectivity index (χ0n) is 6.19. The average Bonchev–Trinajstić information content (AvgIpc) is 1.89. The molecular weight excluding hydrogens is 180 g/mol. The summed E-state index contributed by atoms with van der Waals surface area (Å²) in [7, 11) is 1.73. The predicted octanol–water partition coefficient (Wildman–Crippen LogP) is 2.93. The maximum atomic E-state index is 5.01. The molecule has 1 nitrogen and oxygen atoms in total. The highest BCUT2D eigenvalue weighted by atomic mass is 79.9. The molecule has 0 rings (SSSR count). The van der Waals surface area contributed by atoms with Crippen molar-refractivity contribution in [3.05, 3.63) is 0 Å². The van der Waals surface area contributed by atoms with Crippen molar-refractivity contribution in [3.63, 3.8) is 0 Å². The highest BCUT2D eigenvalue weighted by Gasteiger charge is 1.98. The van der Waals surface area contributed by atoms with E-state index in [0.29, 0.717) is 0 Å². The van der Waals surface area contributed by atoms with Gasteiger partial charge in [0.2, 0.25) is 0 Å². The Balaban J connectivity index is 2.88. The van der Waals surface area contributed by atoms with Gasteiger partial charge in [0, 0.05) is 7.11 Å². The van der Waals surface area contributed by atoms with Gasteiger partial charge in [0.25, 0.3) is 0 Å². The Kier molecular flexibility index (Phi) is 6.88. The molecule has 9 heavy (non-hydrogen) atoms. The molecule has 0 heterocycles. The summed E-state index contributed by atoms with van der Waals surface area (Å²) >= 11 is 3.38. The third-order valence-corrected chi connectivity index (χ3v) is 2.12. The Labute approximate surface area is 65.9 Å². The van der Waals surface area contributed by atoms with Crippen LogP contribution in [0.5, 0.6) is 0 Å². The maximum Gasteiger partial charge on any atom is 0.112 e. The topological polar surface area (TPSA) is 9.23 Å². The quantitative estimate of drug-likeness (QED) is 0.484. The molecule has 0 N–H and O–H groups in total. The van der Waals surface area contributed by atoms with Crippen molar-refractivity contribution in [3.8, 4) is 0 Å². The molecule has 0 spiro atoms. The normalized spacial score (nSPS) is 13.7. The van der Waals surface area contributed by atoms with E-state index in [1.165, 1.54) is 19.3 Å². The smallest absolute Gasteiger partial charge is 0.112 e. The molecule has 0 aliphatic heterocycles. The van der Waals surface area contributed by atoms with Crippen LogP contribution in [0.1, 0.15) is 32.6 Å². The minimum atomic E-state index is 0.268. The second-order valence-electron chi connectivity index (χ2n) is 2.14. The minimum absolute atomic E-state index is 0.268. The number of alkyl halides is 1. The van der Waals surface area contributed by atoms with E-state index in [4.69, 9.17) is 4.74 Å². The van der Waals surface area contributed by atoms with E-state index in [0.717, 1.165) is 6.42 Å².